The van der Waals surface area contributed by atoms with Crippen LogP contribution in [0.15, 0.2) is 36.5 Å². The average Bonchev–Trinajstić information content (AvgIpc) is 3.12. The van der Waals surface area contributed by atoms with Crippen LogP contribution in [0.25, 0.3) is 6.08 Å². The highest BCUT2D eigenvalue weighted by atomic mass is 16.5. The second kappa shape index (κ2) is 8.78. The monoisotopic (exact) mass is 341 g/mol. The Labute approximate surface area is 149 Å². The lowest BCUT2D eigenvalue weighted by molar-refractivity contribution is 0.194. The van der Waals surface area contributed by atoms with Gasteiger partial charge in [0.15, 0.2) is 0 Å². The normalized spacial score (nSPS) is 16.6. The van der Waals surface area contributed by atoms with Crippen molar-refractivity contribution in [2.75, 3.05) is 33.8 Å². The van der Waals surface area contributed by atoms with Crippen LogP contribution in [-0.2, 0) is 6.54 Å². The molecule has 0 radical (unpaired) electrons. The van der Waals surface area contributed by atoms with Gasteiger partial charge in [-0.15, -0.1) is 5.10 Å². The number of benzene rings is 1. The second-order valence-corrected chi connectivity index (χ2v) is 6.40. The van der Waals surface area contributed by atoms with E-state index in [1.807, 2.05) is 29.9 Å². The molecule has 1 saturated heterocycles. The molecule has 0 spiro atoms. The smallest absolute Gasteiger partial charge is 0.126 e. The van der Waals surface area contributed by atoms with E-state index in [0.717, 1.165) is 56.0 Å². The highest BCUT2D eigenvalue weighted by Gasteiger charge is 2.20. The van der Waals surface area contributed by atoms with Crippen LogP contribution in [0.2, 0.25) is 0 Å². The maximum atomic E-state index is 5.39. The van der Waals surface area contributed by atoms with Crippen LogP contribution >= 0.6 is 0 Å². The minimum Gasteiger partial charge on any atom is -0.496 e. The SMILES string of the molecule is CNCc1cn(C2CCN(C/C=C/c3ccccc3OC)CC2)nn1. The molecular formula is C19H27N5O. The molecule has 1 aromatic carbocycles. The van der Waals surface area contributed by atoms with E-state index in [1.54, 1.807) is 7.11 Å². The van der Waals surface area contributed by atoms with E-state index in [0.29, 0.717) is 6.04 Å². The zero-order valence-corrected chi connectivity index (χ0v) is 15.1. The van der Waals surface area contributed by atoms with Gasteiger partial charge in [0, 0.05) is 31.7 Å². The molecule has 0 bridgehead atoms. The number of nitrogens with one attached hydrogen (secondary N) is 1. The van der Waals surface area contributed by atoms with Crippen LogP contribution in [0.4, 0.5) is 0 Å². The summed E-state index contributed by atoms with van der Waals surface area (Å²) in [6.45, 7) is 3.91. The number of hydrogen-bond acceptors (Lipinski definition) is 5. The van der Waals surface area contributed by atoms with E-state index >= 15 is 0 Å². The number of hydrogen-bond donors (Lipinski definition) is 1. The Balaban J connectivity index is 1.48. The molecule has 1 aromatic heterocycles. The Morgan fingerprint density at radius 1 is 1.28 bits per heavy atom. The predicted octanol–water partition coefficient (Wildman–Crippen LogP) is 2.36. The first-order valence-electron chi connectivity index (χ1n) is 8.87. The van der Waals surface area contributed by atoms with Crippen LogP contribution in [0, 0.1) is 0 Å². The van der Waals surface area contributed by atoms with Crippen LogP contribution < -0.4 is 10.1 Å². The molecule has 134 valence electrons. The largest absolute Gasteiger partial charge is 0.496 e. The molecule has 2 heterocycles. The van der Waals surface area contributed by atoms with Crippen LogP contribution in [-0.4, -0.2) is 53.7 Å². The van der Waals surface area contributed by atoms with Gasteiger partial charge in [-0.05, 0) is 26.0 Å². The number of ether oxygens (including phenoxy) is 1. The molecule has 1 aliphatic heterocycles. The molecule has 0 aliphatic carbocycles. The van der Waals surface area contributed by atoms with E-state index in [4.69, 9.17) is 4.74 Å². The molecule has 2 aromatic rings. The third kappa shape index (κ3) is 4.67. The van der Waals surface area contributed by atoms with Crippen molar-refractivity contribution in [3.05, 3.63) is 47.8 Å². The molecule has 1 N–H and O–H groups in total. The molecule has 25 heavy (non-hydrogen) atoms. The highest BCUT2D eigenvalue weighted by Crippen LogP contribution is 2.22. The van der Waals surface area contributed by atoms with Crippen LogP contribution in [0.1, 0.15) is 30.1 Å². The lowest BCUT2D eigenvalue weighted by Gasteiger charge is -2.30. The van der Waals surface area contributed by atoms with Gasteiger partial charge in [-0.25, -0.2) is 4.68 Å². The van der Waals surface area contributed by atoms with Crippen molar-refractivity contribution < 1.29 is 4.74 Å². The van der Waals surface area contributed by atoms with Gasteiger partial charge in [-0.1, -0.05) is 35.6 Å². The lowest BCUT2D eigenvalue weighted by atomic mass is 10.1. The Bertz CT molecular complexity index is 689. The molecule has 6 nitrogen and oxygen atoms in total. The van der Waals surface area contributed by atoms with E-state index in [-0.39, 0.29) is 0 Å². The summed E-state index contributed by atoms with van der Waals surface area (Å²) in [5, 5.41) is 11.6. The summed E-state index contributed by atoms with van der Waals surface area (Å²) < 4.78 is 7.42. The molecule has 0 atom stereocenters. The van der Waals surface area contributed by atoms with E-state index in [2.05, 4.69) is 44.9 Å². The third-order valence-electron chi connectivity index (χ3n) is 4.65. The first kappa shape index (κ1) is 17.6. The second-order valence-electron chi connectivity index (χ2n) is 6.40. The molecule has 3 rings (SSSR count). The fraction of sp³-hybridized carbons (Fsp3) is 0.474. The number of aromatic nitrogens is 3. The topological polar surface area (TPSA) is 55.2 Å². The standard InChI is InChI=1S/C19H27N5O/c1-20-14-17-15-24(22-21-17)18-9-12-23(13-10-18)11-5-7-16-6-3-4-8-19(16)25-2/h3-8,15,18,20H,9-14H2,1-2H3/b7-5+. The molecule has 1 aliphatic rings. The van der Waals surface area contributed by atoms with Gasteiger partial charge >= 0.3 is 0 Å². The minimum absolute atomic E-state index is 0.465. The van der Waals surface area contributed by atoms with Crippen molar-refractivity contribution in [2.45, 2.75) is 25.4 Å². The number of piperidine rings is 1. The molecule has 0 amide bonds. The summed E-state index contributed by atoms with van der Waals surface area (Å²) in [5.41, 5.74) is 2.13. The van der Waals surface area contributed by atoms with Gasteiger partial charge in [0.25, 0.3) is 0 Å². The minimum atomic E-state index is 0.465. The molecule has 1 fully saturated rings. The lowest BCUT2D eigenvalue weighted by Crippen LogP contribution is -2.34. The van der Waals surface area contributed by atoms with Crippen molar-refractivity contribution >= 4 is 6.08 Å². The average molecular weight is 341 g/mol. The quantitative estimate of drug-likeness (QED) is 0.838. The predicted molar refractivity (Wildman–Crippen MR) is 99.5 cm³/mol. The summed E-state index contributed by atoms with van der Waals surface area (Å²) in [6, 6.07) is 8.56. The van der Waals surface area contributed by atoms with Gasteiger partial charge < -0.3 is 10.1 Å². The number of nitrogens with zero attached hydrogens (tertiary/aromatic N) is 4. The van der Waals surface area contributed by atoms with Crippen molar-refractivity contribution in [1.82, 2.24) is 25.2 Å². The van der Waals surface area contributed by atoms with E-state index in [1.165, 1.54) is 0 Å². The summed E-state index contributed by atoms with van der Waals surface area (Å²) in [7, 11) is 3.64. The number of methoxy groups -OCH3 is 1. The van der Waals surface area contributed by atoms with E-state index in [9.17, 15) is 0 Å². The fourth-order valence-corrected chi connectivity index (χ4v) is 3.25. The summed E-state index contributed by atoms with van der Waals surface area (Å²) in [6.07, 6.45) is 8.67. The third-order valence-corrected chi connectivity index (χ3v) is 4.65. The van der Waals surface area contributed by atoms with Crippen molar-refractivity contribution in [2.24, 2.45) is 0 Å². The zero-order valence-electron chi connectivity index (χ0n) is 15.1. The number of likely N-dealkylation sites (tertiary alicyclic amines) is 1. The van der Waals surface area contributed by atoms with Crippen molar-refractivity contribution in [1.29, 1.82) is 0 Å². The van der Waals surface area contributed by atoms with Crippen molar-refractivity contribution in [3.8, 4) is 5.75 Å². The summed E-state index contributed by atoms with van der Waals surface area (Å²) >= 11 is 0. The Kier molecular flexibility index (Phi) is 6.19. The Morgan fingerprint density at radius 3 is 2.84 bits per heavy atom. The highest BCUT2D eigenvalue weighted by molar-refractivity contribution is 5.57. The number of rotatable bonds is 7. The van der Waals surface area contributed by atoms with Gasteiger partial charge in [0.2, 0.25) is 0 Å². The Morgan fingerprint density at radius 2 is 2.08 bits per heavy atom. The van der Waals surface area contributed by atoms with Gasteiger partial charge in [-0.3, -0.25) is 4.90 Å². The molecule has 0 unspecified atom stereocenters. The first-order chi connectivity index (χ1) is 12.3. The molecule has 6 heteroatoms. The maximum absolute atomic E-state index is 5.39. The fourth-order valence-electron chi connectivity index (χ4n) is 3.25. The zero-order chi connectivity index (χ0) is 17.5. The van der Waals surface area contributed by atoms with Gasteiger partial charge in [-0.2, -0.15) is 0 Å². The number of para-hydroxylation sites is 1. The Hall–Kier alpha value is -2.18. The summed E-state index contributed by atoms with van der Waals surface area (Å²) in [4.78, 5) is 2.48. The van der Waals surface area contributed by atoms with Gasteiger partial charge in [0.1, 0.15) is 5.75 Å². The van der Waals surface area contributed by atoms with Crippen LogP contribution in [0.5, 0.6) is 5.75 Å². The molecular weight excluding hydrogens is 314 g/mol. The van der Waals surface area contributed by atoms with Gasteiger partial charge in [0.05, 0.1) is 25.0 Å². The summed E-state index contributed by atoms with van der Waals surface area (Å²) in [5.74, 6) is 0.918. The molecule has 0 saturated carbocycles. The first-order valence-corrected chi connectivity index (χ1v) is 8.87. The van der Waals surface area contributed by atoms with E-state index < -0.39 is 0 Å². The maximum Gasteiger partial charge on any atom is 0.126 e. The van der Waals surface area contributed by atoms with Crippen LogP contribution in [0.3, 0.4) is 0 Å². The van der Waals surface area contributed by atoms with Crippen molar-refractivity contribution in [3.63, 3.8) is 0 Å².